The van der Waals surface area contributed by atoms with Crippen LogP contribution in [0.3, 0.4) is 0 Å². The molecule has 154 valence electrons. The minimum absolute atomic E-state index is 0.197. The number of hydrogen-bond donors (Lipinski definition) is 1. The third-order valence-electron chi connectivity index (χ3n) is 4.93. The molecule has 6 heteroatoms. The number of amides is 2. The fourth-order valence-electron chi connectivity index (χ4n) is 3.28. The Morgan fingerprint density at radius 2 is 1.83 bits per heavy atom. The van der Waals surface area contributed by atoms with Crippen molar-refractivity contribution in [1.82, 2.24) is 15.1 Å². The Morgan fingerprint density at radius 1 is 1.14 bits per heavy atom. The Labute approximate surface area is 171 Å². The lowest BCUT2D eigenvalue weighted by atomic mass is 10.1. The van der Waals surface area contributed by atoms with Crippen molar-refractivity contribution in [2.45, 2.75) is 19.6 Å². The van der Waals surface area contributed by atoms with E-state index in [1.165, 1.54) is 16.5 Å². The number of halogens is 1. The molecule has 0 saturated carbocycles. The molecule has 2 amide bonds. The first kappa shape index (κ1) is 21.0. The van der Waals surface area contributed by atoms with Crippen LogP contribution in [0.4, 0.5) is 9.18 Å². The number of carbonyl (C=O) groups is 1. The normalized spacial score (nSPS) is 14.4. The summed E-state index contributed by atoms with van der Waals surface area (Å²) in [4.78, 5) is 16.5. The maximum atomic E-state index is 13.9. The minimum Gasteiger partial charge on any atom is -0.379 e. The monoisotopic (exact) mass is 397 g/mol. The summed E-state index contributed by atoms with van der Waals surface area (Å²) in [5.74, 6) is -0.315. The van der Waals surface area contributed by atoms with Crippen LogP contribution in [0, 0.1) is 5.82 Å². The summed E-state index contributed by atoms with van der Waals surface area (Å²) in [6.45, 7) is 9.06. The van der Waals surface area contributed by atoms with Crippen LogP contribution < -0.4 is 5.32 Å². The molecule has 1 fully saturated rings. The number of morpholine rings is 1. The summed E-state index contributed by atoms with van der Waals surface area (Å²) < 4.78 is 19.3. The molecule has 1 aliphatic rings. The summed E-state index contributed by atoms with van der Waals surface area (Å²) in [7, 11) is 0. The highest BCUT2D eigenvalue weighted by Gasteiger charge is 2.14. The van der Waals surface area contributed by atoms with Gasteiger partial charge in [-0.25, -0.2) is 9.18 Å². The van der Waals surface area contributed by atoms with Gasteiger partial charge < -0.3 is 15.0 Å². The van der Waals surface area contributed by atoms with Gasteiger partial charge >= 0.3 is 6.03 Å². The van der Waals surface area contributed by atoms with E-state index in [9.17, 15) is 9.18 Å². The Morgan fingerprint density at radius 3 is 2.52 bits per heavy atom. The zero-order valence-corrected chi connectivity index (χ0v) is 16.6. The average Bonchev–Trinajstić information content (AvgIpc) is 2.75. The van der Waals surface area contributed by atoms with Crippen molar-refractivity contribution in [3.8, 4) is 0 Å². The Hall–Kier alpha value is -2.70. The molecular weight excluding hydrogens is 369 g/mol. The van der Waals surface area contributed by atoms with Crippen molar-refractivity contribution < 1.29 is 13.9 Å². The lowest BCUT2D eigenvalue weighted by Crippen LogP contribution is -2.39. The van der Waals surface area contributed by atoms with E-state index in [2.05, 4.69) is 28.9 Å². The molecular formula is C23H28FN3O2. The largest absolute Gasteiger partial charge is 0.379 e. The highest BCUT2D eigenvalue weighted by molar-refractivity contribution is 5.74. The van der Waals surface area contributed by atoms with E-state index >= 15 is 0 Å². The van der Waals surface area contributed by atoms with Crippen LogP contribution in [0.5, 0.6) is 0 Å². The van der Waals surface area contributed by atoms with E-state index in [0.29, 0.717) is 18.7 Å². The van der Waals surface area contributed by atoms with Crippen molar-refractivity contribution >= 4 is 6.03 Å². The van der Waals surface area contributed by atoms with Crippen molar-refractivity contribution in [3.05, 3.63) is 83.7 Å². The molecule has 0 bridgehead atoms. The molecule has 0 spiro atoms. The molecule has 0 aromatic heterocycles. The van der Waals surface area contributed by atoms with Crippen LogP contribution in [0.15, 0.2) is 61.2 Å². The van der Waals surface area contributed by atoms with Gasteiger partial charge in [0, 0.05) is 38.3 Å². The van der Waals surface area contributed by atoms with Gasteiger partial charge in [-0.15, -0.1) is 6.58 Å². The smallest absolute Gasteiger partial charge is 0.318 e. The first-order chi connectivity index (χ1) is 14.2. The number of nitrogens with one attached hydrogen (secondary N) is 1. The average molecular weight is 397 g/mol. The van der Waals surface area contributed by atoms with E-state index in [1.807, 2.05) is 12.1 Å². The van der Waals surface area contributed by atoms with Gasteiger partial charge in [0.05, 0.1) is 19.8 Å². The Balaban J connectivity index is 1.52. The van der Waals surface area contributed by atoms with Gasteiger partial charge in [-0.1, -0.05) is 48.5 Å². The second-order valence-corrected chi connectivity index (χ2v) is 7.12. The standard InChI is InChI=1S/C23H28FN3O2/c1-2-11-27(18-21-5-3-4-6-22(21)24)23(28)25-16-19-7-9-20(10-8-19)17-26-12-14-29-15-13-26/h2-10H,1,11-18H2,(H,25,28). The molecule has 5 nitrogen and oxygen atoms in total. The number of carbonyl (C=O) groups excluding carboxylic acids is 1. The molecule has 29 heavy (non-hydrogen) atoms. The molecule has 0 radical (unpaired) electrons. The van der Waals surface area contributed by atoms with E-state index in [-0.39, 0.29) is 18.4 Å². The Bertz CT molecular complexity index is 804. The molecule has 0 atom stereocenters. The SMILES string of the molecule is C=CCN(Cc1ccccc1F)C(=O)NCc1ccc(CN2CCOCC2)cc1. The number of ether oxygens (including phenoxy) is 1. The minimum atomic E-state index is -0.315. The molecule has 1 N–H and O–H groups in total. The fraction of sp³-hybridized carbons (Fsp3) is 0.348. The lowest BCUT2D eigenvalue weighted by Gasteiger charge is -2.26. The predicted molar refractivity (Wildman–Crippen MR) is 112 cm³/mol. The first-order valence-electron chi connectivity index (χ1n) is 9.90. The summed E-state index contributed by atoms with van der Waals surface area (Å²) in [5.41, 5.74) is 2.75. The Kier molecular flexibility index (Phi) is 7.78. The molecule has 0 aliphatic carbocycles. The fourth-order valence-corrected chi connectivity index (χ4v) is 3.28. The quantitative estimate of drug-likeness (QED) is 0.693. The number of nitrogens with zero attached hydrogens (tertiary/aromatic N) is 2. The number of benzene rings is 2. The first-order valence-corrected chi connectivity index (χ1v) is 9.90. The van der Waals surface area contributed by atoms with E-state index in [4.69, 9.17) is 4.74 Å². The zero-order valence-electron chi connectivity index (χ0n) is 16.6. The van der Waals surface area contributed by atoms with Gasteiger partial charge in [-0.05, 0) is 17.2 Å². The van der Waals surface area contributed by atoms with Crippen LogP contribution in [0.25, 0.3) is 0 Å². The molecule has 2 aromatic carbocycles. The van der Waals surface area contributed by atoms with Crippen LogP contribution in [-0.4, -0.2) is 48.7 Å². The van der Waals surface area contributed by atoms with Gasteiger partial charge in [0.15, 0.2) is 0 Å². The van der Waals surface area contributed by atoms with Gasteiger partial charge in [0.25, 0.3) is 0 Å². The van der Waals surface area contributed by atoms with Crippen molar-refractivity contribution in [2.24, 2.45) is 0 Å². The third kappa shape index (κ3) is 6.41. The van der Waals surface area contributed by atoms with Crippen LogP contribution in [0.2, 0.25) is 0 Å². The molecule has 1 heterocycles. The number of urea groups is 1. The number of hydrogen-bond acceptors (Lipinski definition) is 3. The van der Waals surface area contributed by atoms with E-state index in [1.54, 1.807) is 24.3 Å². The molecule has 2 aromatic rings. The maximum Gasteiger partial charge on any atom is 0.318 e. The second-order valence-electron chi connectivity index (χ2n) is 7.12. The maximum absolute atomic E-state index is 13.9. The van der Waals surface area contributed by atoms with Crippen LogP contribution in [0.1, 0.15) is 16.7 Å². The van der Waals surface area contributed by atoms with Gasteiger partial charge in [0.2, 0.25) is 0 Å². The highest BCUT2D eigenvalue weighted by atomic mass is 19.1. The van der Waals surface area contributed by atoms with Crippen molar-refractivity contribution in [2.75, 3.05) is 32.8 Å². The highest BCUT2D eigenvalue weighted by Crippen LogP contribution is 2.12. The second kappa shape index (κ2) is 10.7. The van der Waals surface area contributed by atoms with Gasteiger partial charge in [-0.2, -0.15) is 0 Å². The molecule has 0 unspecified atom stereocenters. The predicted octanol–water partition coefficient (Wildman–Crippen LogP) is 3.56. The third-order valence-corrected chi connectivity index (χ3v) is 4.93. The topological polar surface area (TPSA) is 44.8 Å². The number of rotatable bonds is 8. The summed E-state index contributed by atoms with van der Waals surface area (Å²) >= 11 is 0. The summed E-state index contributed by atoms with van der Waals surface area (Å²) in [6, 6.07) is 14.5. The van der Waals surface area contributed by atoms with Crippen molar-refractivity contribution in [3.63, 3.8) is 0 Å². The van der Waals surface area contributed by atoms with Gasteiger partial charge in [0.1, 0.15) is 5.82 Å². The molecule has 3 rings (SSSR count). The summed E-state index contributed by atoms with van der Waals surface area (Å²) in [5, 5.41) is 2.91. The van der Waals surface area contributed by atoms with E-state index < -0.39 is 0 Å². The van der Waals surface area contributed by atoms with Crippen LogP contribution in [-0.2, 0) is 24.4 Å². The van der Waals surface area contributed by atoms with Gasteiger partial charge in [-0.3, -0.25) is 4.90 Å². The zero-order chi connectivity index (χ0) is 20.5. The molecule has 1 saturated heterocycles. The van der Waals surface area contributed by atoms with E-state index in [0.717, 1.165) is 38.4 Å². The van der Waals surface area contributed by atoms with Crippen LogP contribution >= 0.6 is 0 Å². The summed E-state index contributed by atoms with van der Waals surface area (Å²) in [6.07, 6.45) is 1.64. The van der Waals surface area contributed by atoms with Crippen molar-refractivity contribution in [1.29, 1.82) is 0 Å². The lowest BCUT2D eigenvalue weighted by molar-refractivity contribution is 0.0342. The molecule has 1 aliphatic heterocycles.